The molecule has 0 amide bonds. The number of nitrogens with zero attached hydrogens (tertiary/aromatic N) is 1. The van der Waals surface area contributed by atoms with Gasteiger partial charge in [-0.05, 0) is 31.2 Å². The molecule has 0 aliphatic heterocycles. The van der Waals surface area contributed by atoms with Crippen LogP contribution in [0, 0.1) is 0 Å². The van der Waals surface area contributed by atoms with Gasteiger partial charge in [0.2, 0.25) is 0 Å². The van der Waals surface area contributed by atoms with Crippen molar-refractivity contribution >= 4 is 0 Å². The average molecular weight is 256 g/mol. The molecule has 100 valence electrons. The van der Waals surface area contributed by atoms with Gasteiger partial charge in [-0.1, -0.05) is 31.2 Å². The molecule has 0 saturated carbocycles. The summed E-state index contributed by atoms with van der Waals surface area (Å²) in [6.45, 7) is 5.67. The number of para-hydroxylation sites is 1. The predicted molar refractivity (Wildman–Crippen MR) is 77.4 cm³/mol. The van der Waals surface area contributed by atoms with Gasteiger partial charge in [0.05, 0.1) is 12.6 Å². The second-order valence-electron chi connectivity index (χ2n) is 4.25. The van der Waals surface area contributed by atoms with Crippen molar-refractivity contribution in [3.8, 4) is 5.75 Å². The summed E-state index contributed by atoms with van der Waals surface area (Å²) in [5.41, 5.74) is 2.30. The summed E-state index contributed by atoms with van der Waals surface area (Å²) in [7, 11) is 0. The number of nitrogens with one attached hydrogen (secondary N) is 1. The molecule has 0 aliphatic rings. The molecule has 0 saturated heterocycles. The number of hydrogen-bond acceptors (Lipinski definition) is 3. The van der Waals surface area contributed by atoms with E-state index in [-0.39, 0.29) is 6.04 Å². The molecule has 1 heterocycles. The molecule has 3 nitrogen and oxygen atoms in total. The fourth-order valence-corrected chi connectivity index (χ4v) is 2.16. The third-order valence-electron chi connectivity index (χ3n) is 2.96. The minimum atomic E-state index is 0.112. The lowest BCUT2D eigenvalue weighted by Gasteiger charge is -2.21. The highest BCUT2D eigenvalue weighted by atomic mass is 16.5. The zero-order valence-electron chi connectivity index (χ0n) is 11.5. The van der Waals surface area contributed by atoms with Gasteiger partial charge in [-0.25, -0.2) is 0 Å². The minimum Gasteiger partial charge on any atom is -0.494 e. The van der Waals surface area contributed by atoms with Crippen LogP contribution < -0.4 is 10.1 Å². The number of ether oxygens (including phenoxy) is 1. The van der Waals surface area contributed by atoms with Crippen molar-refractivity contribution in [3.63, 3.8) is 0 Å². The van der Waals surface area contributed by atoms with Crippen LogP contribution in [0.5, 0.6) is 5.75 Å². The lowest BCUT2D eigenvalue weighted by molar-refractivity contribution is 0.333. The minimum absolute atomic E-state index is 0.112. The number of pyridine rings is 1. The van der Waals surface area contributed by atoms with E-state index in [1.54, 1.807) is 6.20 Å². The molecule has 2 rings (SSSR count). The fourth-order valence-electron chi connectivity index (χ4n) is 2.16. The molecule has 2 aromatic rings. The van der Waals surface area contributed by atoms with Gasteiger partial charge in [-0.2, -0.15) is 0 Å². The summed E-state index contributed by atoms with van der Waals surface area (Å²) >= 11 is 0. The Bertz CT molecular complexity index is 499. The molecule has 0 radical (unpaired) electrons. The van der Waals surface area contributed by atoms with Crippen molar-refractivity contribution < 1.29 is 4.74 Å². The number of aromatic nitrogens is 1. The maximum Gasteiger partial charge on any atom is 0.124 e. The van der Waals surface area contributed by atoms with E-state index in [4.69, 9.17) is 4.74 Å². The smallest absolute Gasteiger partial charge is 0.124 e. The third-order valence-corrected chi connectivity index (χ3v) is 2.96. The third kappa shape index (κ3) is 3.32. The molecule has 0 spiro atoms. The average Bonchev–Trinajstić information content (AvgIpc) is 2.47. The summed E-state index contributed by atoms with van der Waals surface area (Å²) in [6.07, 6.45) is 3.69. The maximum absolute atomic E-state index is 5.73. The van der Waals surface area contributed by atoms with Crippen LogP contribution in [-0.4, -0.2) is 18.1 Å². The van der Waals surface area contributed by atoms with E-state index in [0.29, 0.717) is 6.61 Å². The van der Waals surface area contributed by atoms with E-state index in [9.17, 15) is 0 Å². The van der Waals surface area contributed by atoms with E-state index >= 15 is 0 Å². The monoisotopic (exact) mass is 256 g/mol. The topological polar surface area (TPSA) is 34.2 Å². The zero-order chi connectivity index (χ0) is 13.5. The first kappa shape index (κ1) is 13.6. The van der Waals surface area contributed by atoms with E-state index in [1.807, 2.05) is 37.4 Å². The van der Waals surface area contributed by atoms with Crippen molar-refractivity contribution in [2.45, 2.75) is 19.9 Å². The van der Waals surface area contributed by atoms with Gasteiger partial charge in [0.15, 0.2) is 0 Å². The Labute approximate surface area is 114 Å². The Morgan fingerprint density at radius 2 is 2.00 bits per heavy atom. The molecule has 1 atom stereocenters. The maximum atomic E-state index is 5.73. The highest BCUT2D eigenvalue weighted by Gasteiger charge is 2.17. The lowest BCUT2D eigenvalue weighted by atomic mass is 9.99. The van der Waals surface area contributed by atoms with Crippen LogP contribution in [0.4, 0.5) is 0 Å². The molecule has 3 heteroatoms. The summed E-state index contributed by atoms with van der Waals surface area (Å²) in [5.74, 6) is 0.930. The Kier molecular flexibility index (Phi) is 4.93. The molecular formula is C16H20N2O. The van der Waals surface area contributed by atoms with E-state index in [2.05, 4.69) is 29.4 Å². The van der Waals surface area contributed by atoms with Crippen LogP contribution >= 0.6 is 0 Å². The predicted octanol–water partition coefficient (Wildman–Crippen LogP) is 3.18. The molecule has 0 bridgehead atoms. The van der Waals surface area contributed by atoms with Crippen LogP contribution in [0.1, 0.15) is 31.0 Å². The second kappa shape index (κ2) is 6.90. The van der Waals surface area contributed by atoms with Crippen LogP contribution in [0.25, 0.3) is 0 Å². The Morgan fingerprint density at radius 3 is 2.68 bits per heavy atom. The van der Waals surface area contributed by atoms with Crippen LogP contribution in [0.15, 0.2) is 48.8 Å². The summed E-state index contributed by atoms with van der Waals surface area (Å²) in [4.78, 5) is 4.21. The van der Waals surface area contributed by atoms with E-state index in [0.717, 1.165) is 23.4 Å². The van der Waals surface area contributed by atoms with Crippen LogP contribution in [-0.2, 0) is 0 Å². The molecule has 1 aromatic carbocycles. The molecule has 19 heavy (non-hydrogen) atoms. The van der Waals surface area contributed by atoms with Gasteiger partial charge in [-0.15, -0.1) is 0 Å². The molecule has 1 N–H and O–H groups in total. The number of rotatable bonds is 6. The Hall–Kier alpha value is -1.87. The van der Waals surface area contributed by atoms with Crippen molar-refractivity contribution in [1.82, 2.24) is 10.3 Å². The van der Waals surface area contributed by atoms with E-state index < -0.39 is 0 Å². The first-order valence-corrected chi connectivity index (χ1v) is 6.71. The van der Waals surface area contributed by atoms with Gasteiger partial charge in [0.1, 0.15) is 5.75 Å². The normalized spacial score (nSPS) is 12.1. The first-order valence-electron chi connectivity index (χ1n) is 6.71. The largest absolute Gasteiger partial charge is 0.494 e. The van der Waals surface area contributed by atoms with Gasteiger partial charge in [0, 0.05) is 18.0 Å². The molecule has 1 aromatic heterocycles. The first-order chi connectivity index (χ1) is 9.36. The lowest BCUT2D eigenvalue weighted by Crippen LogP contribution is -2.22. The van der Waals surface area contributed by atoms with Crippen LogP contribution in [0.3, 0.4) is 0 Å². The van der Waals surface area contributed by atoms with Crippen molar-refractivity contribution in [1.29, 1.82) is 0 Å². The summed E-state index contributed by atoms with van der Waals surface area (Å²) in [5, 5.41) is 3.49. The number of hydrogen-bond donors (Lipinski definition) is 1. The SMILES string of the molecule is CCNC(c1cccnc1)c1ccccc1OCC. The molecule has 1 unspecified atom stereocenters. The van der Waals surface area contributed by atoms with Crippen molar-refractivity contribution in [2.24, 2.45) is 0 Å². The van der Waals surface area contributed by atoms with Crippen molar-refractivity contribution in [3.05, 3.63) is 59.9 Å². The van der Waals surface area contributed by atoms with Crippen LogP contribution in [0.2, 0.25) is 0 Å². The highest BCUT2D eigenvalue weighted by Crippen LogP contribution is 2.29. The second-order valence-corrected chi connectivity index (χ2v) is 4.25. The Morgan fingerprint density at radius 1 is 1.16 bits per heavy atom. The van der Waals surface area contributed by atoms with Gasteiger partial charge in [0.25, 0.3) is 0 Å². The Balaban J connectivity index is 2.39. The quantitative estimate of drug-likeness (QED) is 0.862. The van der Waals surface area contributed by atoms with Gasteiger partial charge < -0.3 is 10.1 Å². The fraction of sp³-hybridized carbons (Fsp3) is 0.312. The standard InChI is InChI=1S/C16H20N2O/c1-3-18-16(13-8-7-11-17-12-13)14-9-5-6-10-15(14)19-4-2/h5-12,16,18H,3-4H2,1-2H3. The van der Waals surface area contributed by atoms with Gasteiger partial charge in [-0.3, -0.25) is 4.98 Å². The summed E-state index contributed by atoms with van der Waals surface area (Å²) < 4.78 is 5.73. The van der Waals surface area contributed by atoms with Crippen molar-refractivity contribution in [2.75, 3.05) is 13.2 Å². The van der Waals surface area contributed by atoms with Gasteiger partial charge >= 0.3 is 0 Å². The zero-order valence-corrected chi connectivity index (χ0v) is 11.5. The summed E-state index contributed by atoms with van der Waals surface area (Å²) in [6, 6.07) is 12.3. The molecule has 0 aliphatic carbocycles. The van der Waals surface area contributed by atoms with E-state index in [1.165, 1.54) is 0 Å². The number of benzene rings is 1. The highest BCUT2D eigenvalue weighted by molar-refractivity contribution is 5.41. The molecular weight excluding hydrogens is 236 g/mol. The molecule has 0 fully saturated rings.